The third-order valence-electron chi connectivity index (χ3n) is 5.39. The molecular formula is C24H24F2N2O6. The summed E-state index contributed by atoms with van der Waals surface area (Å²) in [6.45, 7) is 6.21. The van der Waals surface area contributed by atoms with E-state index in [-0.39, 0.29) is 41.3 Å². The molecule has 1 N–H and O–H groups in total. The van der Waals surface area contributed by atoms with Crippen LogP contribution in [0, 0.1) is 11.6 Å². The predicted octanol–water partition coefficient (Wildman–Crippen LogP) is 4.40. The van der Waals surface area contributed by atoms with Crippen molar-refractivity contribution in [3.63, 3.8) is 0 Å². The highest BCUT2D eigenvalue weighted by Gasteiger charge is 2.47. The van der Waals surface area contributed by atoms with Crippen molar-refractivity contribution < 1.29 is 37.4 Å². The Kier molecular flexibility index (Phi) is 5.93. The molecule has 0 saturated carbocycles. The van der Waals surface area contributed by atoms with E-state index >= 15 is 4.39 Å². The molecule has 0 aliphatic carbocycles. The number of nitrogens with one attached hydrogen (secondary N) is 1. The van der Waals surface area contributed by atoms with Crippen molar-refractivity contribution in [2.75, 3.05) is 6.54 Å². The van der Waals surface area contributed by atoms with E-state index in [1.54, 1.807) is 20.8 Å². The Hall–Kier alpha value is -3.69. The summed E-state index contributed by atoms with van der Waals surface area (Å²) in [5.41, 5.74) is -0.331. The smallest absolute Gasteiger partial charge is 0.413 e. The highest BCUT2D eigenvalue weighted by Crippen LogP contribution is 2.40. The number of hydrogen-bond donors (Lipinski definition) is 1. The minimum Gasteiger partial charge on any atom is -0.466 e. The molecule has 0 bridgehead atoms. The fraction of sp³-hybridized carbons (Fsp3) is 0.375. The van der Waals surface area contributed by atoms with Crippen LogP contribution in [0.15, 0.2) is 30.3 Å². The van der Waals surface area contributed by atoms with Crippen LogP contribution in [0.4, 0.5) is 18.4 Å². The Morgan fingerprint density at radius 2 is 1.85 bits per heavy atom. The van der Waals surface area contributed by atoms with E-state index in [1.807, 2.05) is 0 Å². The van der Waals surface area contributed by atoms with Crippen molar-refractivity contribution >= 4 is 18.0 Å². The monoisotopic (exact) mass is 474 g/mol. The van der Waals surface area contributed by atoms with Crippen LogP contribution in [0.1, 0.15) is 43.6 Å². The maximum Gasteiger partial charge on any atom is 0.413 e. The van der Waals surface area contributed by atoms with Crippen molar-refractivity contribution in [3.05, 3.63) is 53.1 Å². The summed E-state index contributed by atoms with van der Waals surface area (Å²) in [6, 6.07) is 6.95. The molecule has 2 aromatic carbocycles. The number of alkyl carbamates (subject to hydrolysis) is 1. The summed E-state index contributed by atoms with van der Waals surface area (Å²) >= 11 is 0. The van der Waals surface area contributed by atoms with E-state index in [9.17, 15) is 18.8 Å². The van der Waals surface area contributed by atoms with Gasteiger partial charge in [0.15, 0.2) is 11.9 Å². The van der Waals surface area contributed by atoms with Crippen molar-refractivity contribution in [2.45, 2.75) is 52.2 Å². The second-order valence-corrected chi connectivity index (χ2v) is 9.10. The first-order valence-corrected chi connectivity index (χ1v) is 10.7. The fourth-order valence-electron chi connectivity index (χ4n) is 3.82. The van der Waals surface area contributed by atoms with Crippen molar-refractivity contribution in [3.8, 4) is 16.9 Å². The van der Waals surface area contributed by atoms with Gasteiger partial charge in [-0.2, -0.15) is 0 Å². The van der Waals surface area contributed by atoms with Gasteiger partial charge in [0.1, 0.15) is 23.0 Å². The second kappa shape index (κ2) is 8.58. The Balaban J connectivity index is 1.57. The third kappa shape index (κ3) is 4.52. The molecule has 8 nitrogen and oxygen atoms in total. The lowest BCUT2D eigenvalue weighted by molar-refractivity contribution is 0.0133. The van der Waals surface area contributed by atoms with Gasteiger partial charge in [-0.3, -0.25) is 9.69 Å². The molecule has 10 heteroatoms. The molecule has 1 fully saturated rings. The average Bonchev–Trinajstić information content (AvgIpc) is 3.05. The van der Waals surface area contributed by atoms with E-state index in [4.69, 9.17) is 14.2 Å². The topological polar surface area (TPSA) is 94.2 Å². The van der Waals surface area contributed by atoms with Crippen LogP contribution in [0.25, 0.3) is 11.1 Å². The van der Waals surface area contributed by atoms with E-state index in [1.165, 1.54) is 36.1 Å². The molecule has 0 unspecified atom stereocenters. The number of nitrogens with zero attached hydrogens (tertiary/aromatic N) is 1. The zero-order valence-electron chi connectivity index (χ0n) is 19.1. The van der Waals surface area contributed by atoms with Crippen molar-refractivity contribution in [1.82, 2.24) is 10.2 Å². The number of carbonyl (C=O) groups is 3. The van der Waals surface area contributed by atoms with Crippen LogP contribution in [-0.2, 0) is 16.0 Å². The molecule has 2 aliphatic rings. The van der Waals surface area contributed by atoms with E-state index in [2.05, 4.69) is 5.32 Å². The Morgan fingerprint density at radius 3 is 2.47 bits per heavy atom. The van der Waals surface area contributed by atoms with Crippen molar-refractivity contribution in [1.29, 1.82) is 0 Å². The molecule has 2 atom stereocenters. The Labute approximate surface area is 194 Å². The quantitative estimate of drug-likeness (QED) is 0.661. The number of ketones is 1. The number of rotatable bonds is 4. The van der Waals surface area contributed by atoms with Crippen molar-refractivity contribution in [2.24, 2.45) is 0 Å². The van der Waals surface area contributed by atoms with Gasteiger partial charge in [-0.15, -0.1) is 0 Å². The summed E-state index contributed by atoms with van der Waals surface area (Å²) in [5.74, 6) is -1.94. The average molecular weight is 474 g/mol. The van der Waals surface area contributed by atoms with E-state index in [0.717, 1.165) is 6.07 Å². The summed E-state index contributed by atoms with van der Waals surface area (Å²) in [5, 5.41) is 2.51. The van der Waals surface area contributed by atoms with Gasteiger partial charge >= 0.3 is 12.2 Å². The number of amides is 2. The summed E-state index contributed by atoms with van der Waals surface area (Å²) in [6.07, 6.45) is -3.33. The summed E-state index contributed by atoms with van der Waals surface area (Å²) in [7, 11) is 0. The minimum absolute atomic E-state index is 0.000922. The van der Waals surface area contributed by atoms with Crippen LogP contribution in [0.5, 0.6) is 5.75 Å². The van der Waals surface area contributed by atoms with Crippen LogP contribution in [0.2, 0.25) is 0 Å². The molecule has 4 rings (SSSR count). The van der Waals surface area contributed by atoms with E-state index < -0.39 is 41.8 Å². The predicted molar refractivity (Wildman–Crippen MR) is 116 cm³/mol. The first-order chi connectivity index (χ1) is 15.9. The molecule has 34 heavy (non-hydrogen) atoms. The van der Waals surface area contributed by atoms with Gasteiger partial charge in [0.25, 0.3) is 0 Å². The Morgan fingerprint density at radius 1 is 1.18 bits per heavy atom. The molecule has 0 spiro atoms. The molecule has 2 amide bonds. The van der Waals surface area contributed by atoms with Gasteiger partial charge in [-0.1, -0.05) is 24.3 Å². The number of carbonyl (C=O) groups excluding carboxylic acids is 3. The molecular weight excluding hydrogens is 450 g/mol. The van der Waals surface area contributed by atoms with E-state index in [0.29, 0.717) is 5.56 Å². The third-order valence-corrected chi connectivity index (χ3v) is 5.39. The van der Waals surface area contributed by atoms with Crippen LogP contribution in [0.3, 0.4) is 0 Å². The van der Waals surface area contributed by atoms with Crippen LogP contribution in [-0.4, -0.2) is 47.3 Å². The number of halogens is 2. The SMILES string of the molecule is CC(=O)c1ccc(-c2c(F)cc3c(c2F)CN2C(=O)O[C@@H](CNC(=O)OC(C)(C)C)[C@@H]2O3)cc1. The van der Waals surface area contributed by atoms with Gasteiger partial charge < -0.3 is 19.5 Å². The summed E-state index contributed by atoms with van der Waals surface area (Å²) in [4.78, 5) is 37.0. The van der Waals surface area contributed by atoms with Crippen LogP contribution >= 0.6 is 0 Å². The number of Topliss-reactive ketones (excluding diaryl/α,β-unsaturated/α-hetero) is 1. The first-order valence-electron chi connectivity index (χ1n) is 10.7. The molecule has 2 heterocycles. The molecule has 0 radical (unpaired) electrons. The zero-order chi connectivity index (χ0) is 24.8. The highest BCUT2D eigenvalue weighted by atomic mass is 19.1. The molecule has 1 saturated heterocycles. The first kappa shape index (κ1) is 23.5. The number of fused-ring (bicyclic) bond motifs is 2. The summed E-state index contributed by atoms with van der Waals surface area (Å²) < 4.78 is 46.5. The van der Waals surface area contributed by atoms with Crippen LogP contribution < -0.4 is 10.1 Å². The number of ether oxygens (including phenoxy) is 3. The maximum atomic E-state index is 15.4. The fourth-order valence-corrected chi connectivity index (χ4v) is 3.82. The van der Waals surface area contributed by atoms with Gasteiger partial charge in [0.05, 0.1) is 24.2 Å². The number of hydrogen-bond acceptors (Lipinski definition) is 6. The largest absolute Gasteiger partial charge is 0.466 e. The maximum absolute atomic E-state index is 15.4. The second-order valence-electron chi connectivity index (χ2n) is 9.10. The minimum atomic E-state index is -0.977. The molecule has 0 aromatic heterocycles. The van der Waals surface area contributed by atoms with Gasteiger partial charge in [-0.05, 0) is 33.3 Å². The number of cyclic esters (lactones) is 1. The normalized spacial score (nSPS) is 19.0. The number of benzene rings is 2. The van der Waals surface area contributed by atoms with Gasteiger partial charge in [0, 0.05) is 11.6 Å². The molecule has 2 aromatic rings. The Bertz CT molecular complexity index is 1160. The lowest BCUT2D eigenvalue weighted by atomic mass is 9.98. The lowest BCUT2D eigenvalue weighted by Gasteiger charge is -2.32. The highest BCUT2D eigenvalue weighted by molar-refractivity contribution is 5.94. The molecule has 180 valence electrons. The zero-order valence-corrected chi connectivity index (χ0v) is 19.1. The standard InChI is InChI=1S/C24H24F2N2O6/c1-12(29)13-5-7-14(8-6-13)19-16(25)9-17-15(20(19)26)11-28-21(32-17)18(33-23(28)31)10-27-22(30)34-24(2,3)4/h5-9,18,21H,10-11H2,1-4H3,(H,27,30)/t18-,21-/m0/s1. The van der Waals surface area contributed by atoms with Gasteiger partial charge in [-0.25, -0.2) is 18.4 Å². The lowest BCUT2D eigenvalue weighted by Crippen LogP contribution is -2.48. The molecule has 2 aliphatic heterocycles. The van der Waals surface area contributed by atoms with Gasteiger partial charge in [0.2, 0.25) is 6.23 Å².